The van der Waals surface area contributed by atoms with Crippen LogP contribution in [0.4, 0.5) is 5.69 Å². The average molecular weight is 466 g/mol. The Labute approximate surface area is 206 Å². The highest BCUT2D eigenvalue weighted by Gasteiger charge is 2.10. The van der Waals surface area contributed by atoms with Crippen molar-refractivity contribution in [3.8, 4) is 11.5 Å². The maximum absolute atomic E-state index is 6.05. The van der Waals surface area contributed by atoms with Gasteiger partial charge in [-0.15, -0.1) is 0 Å². The van der Waals surface area contributed by atoms with Crippen LogP contribution in [0.3, 0.4) is 0 Å². The summed E-state index contributed by atoms with van der Waals surface area (Å²) in [6, 6.07) is 22.2. The number of allylic oxidation sites excluding steroid dienone is 1. The Hall–Kier alpha value is -3.63. The van der Waals surface area contributed by atoms with Crippen molar-refractivity contribution in [2.24, 2.45) is 4.99 Å². The topological polar surface area (TPSA) is 40.0 Å². The third-order valence-corrected chi connectivity index (χ3v) is 6.31. The molecule has 5 rings (SSSR count). The van der Waals surface area contributed by atoms with E-state index in [1.807, 2.05) is 48.5 Å². The molecule has 0 saturated carbocycles. The van der Waals surface area contributed by atoms with Crippen molar-refractivity contribution in [3.63, 3.8) is 0 Å². The maximum Gasteiger partial charge on any atom is 0.120 e. The van der Waals surface area contributed by atoms with Crippen molar-refractivity contribution >= 4 is 17.3 Å². The van der Waals surface area contributed by atoms with E-state index < -0.39 is 0 Å². The quantitative estimate of drug-likeness (QED) is 0.321. The van der Waals surface area contributed by atoms with Crippen LogP contribution in [0.5, 0.6) is 11.5 Å². The summed E-state index contributed by atoms with van der Waals surface area (Å²) < 4.78 is 17.6. The Balaban J connectivity index is 1.27. The largest absolute Gasteiger partial charge is 0.493 e. The molecule has 178 valence electrons. The Morgan fingerprint density at radius 1 is 0.914 bits per heavy atom. The molecule has 1 saturated heterocycles. The molecule has 3 aromatic rings. The Bertz CT molecular complexity index is 1330. The Morgan fingerprint density at radius 2 is 1.77 bits per heavy atom. The van der Waals surface area contributed by atoms with Gasteiger partial charge in [0.15, 0.2) is 0 Å². The van der Waals surface area contributed by atoms with Crippen LogP contribution in [0.25, 0.3) is 11.6 Å². The van der Waals surface area contributed by atoms with Crippen LogP contribution in [0.2, 0.25) is 0 Å². The van der Waals surface area contributed by atoms with E-state index >= 15 is 0 Å². The zero-order valence-corrected chi connectivity index (χ0v) is 20.0. The number of fused-ring (bicyclic) bond motifs is 2. The zero-order valence-electron chi connectivity index (χ0n) is 20.0. The molecule has 2 heterocycles. The van der Waals surface area contributed by atoms with Gasteiger partial charge in [-0.3, -0.25) is 0 Å². The zero-order chi connectivity index (χ0) is 23.9. The predicted molar refractivity (Wildman–Crippen MR) is 140 cm³/mol. The third kappa shape index (κ3) is 6.09. The summed E-state index contributed by atoms with van der Waals surface area (Å²) in [5, 5.41) is 1.92. The Kier molecular flexibility index (Phi) is 7.40. The molecule has 0 amide bonds. The van der Waals surface area contributed by atoms with Crippen molar-refractivity contribution < 1.29 is 14.2 Å². The number of ether oxygens (including phenoxy) is 3. The highest BCUT2D eigenvalue weighted by Crippen LogP contribution is 2.31. The van der Waals surface area contributed by atoms with E-state index in [0.29, 0.717) is 13.2 Å². The molecule has 0 unspecified atom stereocenters. The van der Waals surface area contributed by atoms with Crippen molar-refractivity contribution in [1.82, 2.24) is 0 Å². The fraction of sp³-hybridized carbons (Fsp3) is 0.258. The molecule has 3 aromatic carbocycles. The van der Waals surface area contributed by atoms with Crippen molar-refractivity contribution in [1.29, 1.82) is 0 Å². The molecular formula is C31H31NO3. The molecule has 35 heavy (non-hydrogen) atoms. The summed E-state index contributed by atoms with van der Waals surface area (Å²) in [7, 11) is 0. The molecule has 0 spiro atoms. The minimum Gasteiger partial charge on any atom is -0.493 e. The summed E-state index contributed by atoms with van der Waals surface area (Å²) in [5.74, 6) is 1.66. The molecule has 0 radical (unpaired) electrons. The average Bonchev–Trinajstić information content (AvgIpc) is 3.23. The molecule has 0 N–H and O–H groups in total. The second-order valence-corrected chi connectivity index (χ2v) is 8.92. The first-order chi connectivity index (χ1) is 17.2. The van der Waals surface area contributed by atoms with E-state index in [-0.39, 0.29) is 0 Å². The van der Waals surface area contributed by atoms with E-state index in [9.17, 15) is 0 Å². The molecular weight excluding hydrogens is 434 g/mol. The van der Waals surface area contributed by atoms with Gasteiger partial charge >= 0.3 is 0 Å². The molecule has 1 fully saturated rings. The summed E-state index contributed by atoms with van der Waals surface area (Å²) in [6.45, 7) is 7.20. The molecule has 2 aliphatic heterocycles. The smallest absolute Gasteiger partial charge is 0.120 e. The third-order valence-electron chi connectivity index (χ3n) is 6.31. The van der Waals surface area contributed by atoms with Crippen LogP contribution in [-0.2, 0) is 11.3 Å². The van der Waals surface area contributed by atoms with Crippen LogP contribution in [0, 0.1) is 0 Å². The fourth-order valence-electron chi connectivity index (χ4n) is 4.41. The van der Waals surface area contributed by atoms with Crippen molar-refractivity contribution in [2.45, 2.75) is 32.3 Å². The van der Waals surface area contributed by atoms with Gasteiger partial charge in [0.2, 0.25) is 0 Å². The number of hydrogen-bond donors (Lipinski definition) is 0. The van der Waals surface area contributed by atoms with Crippen LogP contribution in [0.1, 0.15) is 36.8 Å². The molecule has 0 atom stereocenters. The minimum absolute atomic E-state index is 0.526. The van der Waals surface area contributed by atoms with Gasteiger partial charge in [-0.1, -0.05) is 48.6 Å². The summed E-state index contributed by atoms with van der Waals surface area (Å²) in [4.78, 5) is 4.90. The van der Waals surface area contributed by atoms with Crippen LogP contribution in [0.15, 0.2) is 90.0 Å². The van der Waals surface area contributed by atoms with Crippen LogP contribution >= 0.6 is 0 Å². The highest BCUT2D eigenvalue weighted by molar-refractivity contribution is 5.92. The normalized spacial score (nSPS) is 16.2. The van der Waals surface area contributed by atoms with Gasteiger partial charge in [0.1, 0.15) is 18.1 Å². The summed E-state index contributed by atoms with van der Waals surface area (Å²) >= 11 is 0. The highest BCUT2D eigenvalue weighted by atomic mass is 16.5. The number of benzene rings is 3. The lowest BCUT2D eigenvalue weighted by Gasteiger charge is -2.10. The molecule has 0 bridgehead atoms. The van der Waals surface area contributed by atoms with E-state index in [1.165, 1.54) is 5.57 Å². The Morgan fingerprint density at radius 3 is 2.69 bits per heavy atom. The van der Waals surface area contributed by atoms with Gasteiger partial charge in [-0.25, -0.2) is 4.99 Å². The van der Waals surface area contributed by atoms with Gasteiger partial charge < -0.3 is 14.2 Å². The van der Waals surface area contributed by atoms with E-state index in [2.05, 4.69) is 36.9 Å². The first kappa shape index (κ1) is 23.1. The van der Waals surface area contributed by atoms with Crippen molar-refractivity contribution in [2.75, 3.05) is 19.8 Å². The minimum atomic E-state index is 0.526. The van der Waals surface area contributed by atoms with Crippen LogP contribution < -0.4 is 20.0 Å². The number of nitrogens with zero attached hydrogens (tertiary/aromatic N) is 1. The summed E-state index contributed by atoms with van der Waals surface area (Å²) in [5.41, 5.74) is 5.40. The van der Waals surface area contributed by atoms with Crippen molar-refractivity contribution in [3.05, 3.63) is 107 Å². The second-order valence-electron chi connectivity index (χ2n) is 8.92. The van der Waals surface area contributed by atoms with E-state index in [1.54, 1.807) is 0 Å². The summed E-state index contributed by atoms with van der Waals surface area (Å²) in [6.07, 6.45) is 8.59. The van der Waals surface area contributed by atoms with Crippen LogP contribution in [-0.4, -0.2) is 19.8 Å². The van der Waals surface area contributed by atoms with Gasteiger partial charge in [-0.2, -0.15) is 0 Å². The van der Waals surface area contributed by atoms with Gasteiger partial charge in [0.05, 0.1) is 24.3 Å². The van der Waals surface area contributed by atoms with E-state index in [0.717, 1.165) is 83.4 Å². The monoisotopic (exact) mass is 465 g/mol. The molecule has 4 nitrogen and oxygen atoms in total. The van der Waals surface area contributed by atoms with Gasteiger partial charge in [0, 0.05) is 17.4 Å². The lowest BCUT2D eigenvalue weighted by molar-refractivity contribution is 0.146. The molecule has 2 aliphatic rings. The molecule has 0 aliphatic carbocycles. The van der Waals surface area contributed by atoms with Gasteiger partial charge in [-0.05, 0) is 79.3 Å². The second kappa shape index (κ2) is 11.2. The predicted octanol–water partition coefficient (Wildman–Crippen LogP) is 5.92. The van der Waals surface area contributed by atoms with Gasteiger partial charge in [0.25, 0.3) is 0 Å². The number of rotatable bonds is 7. The first-order valence-electron chi connectivity index (χ1n) is 12.3. The lowest BCUT2D eigenvalue weighted by Crippen LogP contribution is -2.23. The first-order valence-corrected chi connectivity index (χ1v) is 12.3. The lowest BCUT2D eigenvalue weighted by atomic mass is 10.0. The number of hydrogen-bond acceptors (Lipinski definition) is 4. The molecule has 0 aromatic heterocycles. The van der Waals surface area contributed by atoms with E-state index in [4.69, 9.17) is 19.2 Å². The standard InChI is InChI=1S/C31H31NO3/c1-23-19-26-20-27(34-17-6-10-24-9-5-16-33-18-15-24)11-13-30(26)32-31-14-12-28(21-29(23)31)35-22-25-7-3-2-4-8-25/h2-4,7-8,10-14,19-21H,1,5-6,9,15-18,22H2/b24-10-. The molecule has 4 heteroatoms. The maximum atomic E-state index is 6.05. The fourth-order valence-corrected chi connectivity index (χ4v) is 4.41. The SMILES string of the molecule is C=C1C=c2cc(OCC/C=C3/CCCOCC3)ccc2=Nc2ccc(OCc3ccccc3)cc21.